The van der Waals surface area contributed by atoms with Gasteiger partial charge in [-0.05, 0) is 36.4 Å². The molecule has 6 aromatic rings. The van der Waals surface area contributed by atoms with Crippen molar-refractivity contribution in [2.45, 2.75) is 21.8 Å². The lowest BCUT2D eigenvalue weighted by molar-refractivity contribution is 0.350. The van der Waals surface area contributed by atoms with Gasteiger partial charge in [-0.25, -0.2) is 9.97 Å². The van der Waals surface area contributed by atoms with Gasteiger partial charge in [0.2, 0.25) is 0 Å². The lowest BCUT2D eigenvalue weighted by atomic mass is 10.2. The summed E-state index contributed by atoms with van der Waals surface area (Å²) >= 11 is 0. The third-order valence-corrected chi connectivity index (χ3v) is 9.23. The van der Waals surface area contributed by atoms with E-state index in [4.69, 9.17) is 18.9 Å². The number of aromatic amines is 2. The van der Waals surface area contributed by atoms with E-state index in [0.29, 0.717) is 55.7 Å². The van der Waals surface area contributed by atoms with E-state index in [9.17, 15) is 8.42 Å². The second kappa shape index (κ2) is 12.9. The first-order chi connectivity index (χ1) is 21.9. The van der Waals surface area contributed by atoms with Gasteiger partial charge in [0.15, 0.2) is 33.3 Å². The minimum Gasteiger partial charge on any atom is -0.493 e. The maximum Gasteiger partial charge on any atom is 0.197 e. The van der Waals surface area contributed by atoms with Gasteiger partial charge in [-0.15, -0.1) is 0 Å². The Labute approximate surface area is 262 Å². The summed E-state index contributed by atoms with van der Waals surface area (Å²) in [6, 6.07) is 14.6. The van der Waals surface area contributed by atoms with Crippen molar-refractivity contribution in [3.05, 3.63) is 72.3 Å². The van der Waals surface area contributed by atoms with Crippen LogP contribution in [0.4, 0.5) is 11.4 Å². The number of pyridine rings is 2. The van der Waals surface area contributed by atoms with E-state index in [2.05, 4.69) is 35.2 Å². The van der Waals surface area contributed by atoms with Gasteiger partial charge in [-0.3, -0.25) is 18.4 Å². The molecule has 13 nitrogen and oxygen atoms in total. The van der Waals surface area contributed by atoms with E-state index in [1.54, 1.807) is 24.5 Å². The standard InChI is InChI=1S/C30H29N7O6S2/c1-40-25-9-11-31-23(27(25)42-3)15-44(38)29-34-19-7-5-17(13-21(19)36-29)33-18-6-8-20-22(14-18)37-30(35-20)45(39)16-24-28(43-4)26(41-2)10-12-32-24/h5-14,33H,15-16H2,1-4H3,(H,34,36)(H,35,37). The molecule has 0 aliphatic heterocycles. The van der Waals surface area contributed by atoms with Gasteiger partial charge < -0.3 is 34.2 Å². The van der Waals surface area contributed by atoms with Gasteiger partial charge >= 0.3 is 0 Å². The van der Waals surface area contributed by atoms with Crippen LogP contribution in [0.1, 0.15) is 11.4 Å². The molecule has 0 bridgehead atoms. The van der Waals surface area contributed by atoms with Gasteiger partial charge in [0.25, 0.3) is 0 Å². The summed E-state index contributed by atoms with van der Waals surface area (Å²) in [6.07, 6.45) is 3.17. The van der Waals surface area contributed by atoms with Crippen molar-refractivity contribution < 1.29 is 27.4 Å². The Morgan fingerprint density at radius 1 is 0.644 bits per heavy atom. The van der Waals surface area contributed by atoms with Crippen LogP contribution in [-0.2, 0) is 33.1 Å². The van der Waals surface area contributed by atoms with Crippen LogP contribution in [-0.4, -0.2) is 66.8 Å². The predicted molar refractivity (Wildman–Crippen MR) is 170 cm³/mol. The molecule has 0 amide bonds. The molecule has 0 radical (unpaired) electrons. The molecular weight excluding hydrogens is 619 g/mol. The highest BCUT2D eigenvalue weighted by Crippen LogP contribution is 2.32. The molecule has 0 aliphatic carbocycles. The topological polar surface area (TPSA) is 166 Å². The molecule has 2 atom stereocenters. The highest BCUT2D eigenvalue weighted by atomic mass is 32.2. The van der Waals surface area contributed by atoms with Crippen LogP contribution < -0.4 is 24.3 Å². The summed E-state index contributed by atoms with van der Waals surface area (Å²) in [4.78, 5) is 24.0. The van der Waals surface area contributed by atoms with Crippen LogP contribution in [0.15, 0.2) is 71.2 Å². The largest absolute Gasteiger partial charge is 0.493 e. The van der Waals surface area contributed by atoms with Crippen LogP contribution in [0.2, 0.25) is 0 Å². The maximum absolute atomic E-state index is 13.2. The quantitative estimate of drug-likeness (QED) is 0.170. The first-order valence-electron chi connectivity index (χ1n) is 13.6. The minimum absolute atomic E-state index is 0.103. The monoisotopic (exact) mass is 647 g/mol. The van der Waals surface area contributed by atoms with Crippen molar-refractivity contribution in [2.24, 2.45) is 0 Å². The lowest BCUT2D eigenvalue weighted by Gasteiger charge is -2.10. The summed E-state index contributed by atoms with van der Waals surface area (Å²) in [5.74, 6) is 2.13. The molecule has 0 saturated carbocycles. The average molecular weight is 648 g/mol. The number of imidazole rings is 2. The van der Waals surface area contributed by atoms with Crippen molar-refractivity contribution in [3.63, 3.8) is 0 Å². The summed E-state index contributed by atoms with van der Waals surface area (Å²) in [7, 11) is 3.10. The van der Waals surface area contributed by atoms with Crippen molar-refractivity contribution in [2.75, 3.05) is 33.8 Å². The minimum atomic E-state index is -1.51. The SMILES string of the molecule is COc1ccnc(CS(=O)c2nc3ccc(Nc4ccc5nc(S(=O)Cc6nccc(OC)c6OC)[nH]c5c4)cc3[nH]2)c1OC. The first-order valence-corrected chi connectivity index (χ1v) is 16.2. The van der Waals surface area contributed by atoms with Crippen molar-refractivity contribution in [3.8, 4) is 23.0 Å². The van der Waals surface area contributed by atoms with Crippen molar-refractivity contribution in [1.82, 2.24) is 29.9 Å². The van der Waals surface area contributed by atoms with E-state index in [-0.39, 0.29) is 11.5 Å². The number of ether oxygens (including phenoxy) is 4. The number of anilines is 2. The number of benzene rings is 2. The second-order valence-corrected chi connectivity index (χ2v) is 12.4. The normalized spacial score (nSPS) is 12.6. The lowest BCUT2D eigenvalue weighted by Crippen LogP contribution is -2.04. The first kappa shape index (κ1) is 30.0. The summed E-state index contributed by atoms with van der Waals surface area (Å²) < 4.78 is 47.9. The number of fused-ring (bicyclic) bond motifs is 2. The zero-order valence-electron chi connectivity index (χ0n) is 24.7. The molecule has 2 unspecified atom stereocenters. The van der Waals surface area contributed by atoms with Crippen LogP contribution in [0.3, 0.4) is 0 Å². The number of nitrogens with zero attached hydrogens (tertiary/aromatic N) is 4. The zero-order chi connectivity index (χ0) is 31.5. The smallest absolute Gasteiger partial charge is 0.197 e. The second-order valence-electron chi connectivity index (χ2n) is 9.64. The molecule has 15 heteroatoms. The molecule has 45 heavy (non-hydrogen) atoms. The summed E-state index contributed by atoms with van der Waals surface area (Å²) in [5, 5.41) is 4.03. The molecule has 232 valence electrons. The third-order valence-electron chi connectivity index (χ3n) is 6.91. The van der Waals surface area contributed by atoms with Crippen LogP contribution in [0.25, 0.3) is 22.1 Å². The van der Waals surface area contributed by atoms with Gasteiger partial charge in [0, 0.05) is 35.9 Å². The highest BCUT2D eigenvalue weighted by molar-refractivity contribution is 7.84. The molecule has 3 N–H and O–H groups in total. The number of H-pyrrole nitrogens is 2. The number of methoxy groups -OCH3 is 4. The Morgan fingerprint density at radius 2 is 1.09 bits per heavy atom. The zero-order valence-corrected chi connectivity index (χ0v) is 26.4. The van der Waals surface area contributed by atoms with Gasteiger partial charge in [0.1, 0.15) is 0 Å². The summed E-state index contributed by atoms with van der Waals surface area (Å²) in [5.41, 5.74) is 5.39. The Morgan fingerprint density at radius 3 is 1.49 bits per heavy atom. The van der Waals surface area contributed by atoms with Crippen LogP contribution in [0, 0.1) is 0 Å². The Hall–Kier alpha value is -5.02. The van der Waals surface area contributed by atoms with E-state index in [0.717, 1.165) is 22.4 Å². The van der Waals surface area contributed by atoms with E-state index in [1.165, 1.54) is 28.4 Å². The molecule has 6 rings (SSSR count). The molecule has 4 heterocycles. The number of rotatable bonds is 12. The number of hydrogen-bond acceptors (Lipinski definition) is 11. The van der Waals surface area contributed by atoms with Gasteiger partial charge in [-0.1, -0.05) is 0 Å². The highest BCUT2D eigenvalue weighted by Gasteiger charge is 2.19. The Balaban J connectivity index is 1.17. The Bertz CT molecular complexity index is 1920. The van der Waals surface area contributed by atoms with Crippen LogP contribution in [0.5, 0.6) is 23.0 Å². The number of nitrogens with one attached hydrogen (secondary N) is 3. The fourth-order valence-corrected chi connectivity index (χ4v) is 6.83. The molecule has 4 aromatic heterocycles. The van der Waals surface area contributed by atoms with Crippen molar-refractivity contribution in [1.29, 1.82) is 0 Å². The van der Waals surface area contributed by atoms with Gasteiger partial charge in [0.05, 0.1) is 95.0 Å². The van der Waals surface area contributed by atoms with Crippen molar-refractivity contribution >= 4 is 55.0 Å². The molecule has 0 saturated heterocycles. The van der Waals surface area contributed by atoms with E-state index < -0.39 is 21.6 Å². The Kier molecular flexibility index (Phi) is 8.62. The fourth-order valence-electron chi connectivity index (χ4n) is 4.80. The van der Waals surface area contributed by atoms with E-state index in [1.807, 2.05) is 36.4 Å². The fraction of sp³-hybridized carbons (Fsp3) is 0.200. The third kappa shape index (κ3) is 6.17. The number of hydrogen-bond donors (Lipinski definition) is 3. The predicted octanol–water partition coefficient (Wildman–Crippen LogP) is 4.62. The van der Waals surface area contributed by atoms with E-state index >= 15 is 0 Å². The molecular formula is C30H29N7O6S2. The molecule has 0 aliphatic rings. The number of aromatic nitrogens is 6. The maximum atomic E-state index is 13.2. The van der Waals surface area contributed by atoms with Gasteiger partial charge in [-0.2, -0.15) is 0 Å². The average Bonchev–Trinajstić information content (AvgIpc) is 3.68. The molecule has 0 spiro atoms. The molecule has 2 aromatic carbocycles. The molecule has 0 fully saturated rings. The summed E-state index contributed by atoms with van der Waals surface area (Å²) in [6.45, 7) is 0. The van der Waals surface area contributed by atoms with Crippen LogP contribution >= 0.6 is 0 Å².